The molecule has 1 unspecified atom stereocenters. The second-order valence-electron chi connectivity index (χ2n) is 7.77. The Morgan fingerprint density at radius 2 is 1.62 bits per heavy atom. The molecule has 174 valence electrons. The topological polar surface area (TPSA) is 113 Å². The molecule has 0 heterocycles. The number of nitrogens with one attached hydrogen (secondary N) is 2. The number of sulfone groups is 1. The van der Waals surface area contributed by atoms with Crippen molar-refractivity contribution in [3.8, 4) is 5.75 Å². The van der Waals surface area contributed by atoms with Gasteiger partial charge in [0.05, 0.1) is 26.5 Å². The molecule has 0 fully saturated rings. The SMILES string of the molecule is CCC(CC)C(=O)Nc1cc(Cl)c(NC(=O)CC(C)S(=O)(=O)c2ccc(C)cc2)cc1O. The molecule has 3 N–H and O–H groups in total. The average molecular weight is 481 g/mol. The van der Waals surface area contributed by atoms with Gasteiger partial charge in [-0.2, -0.15) is 0 Å². The number of aryl methyl sites for hydroxylation is 1. The van der Waals surface area contributed by atoms with Gasteiger partial charge in [0.25, 0.3) is 0 Å². The van der Waals surface area contributed by atoms with Crippen LogP contribution in [0.2, 0.25) is 5.02 Å². The maximum Gasteiger partial charge on any atom is 0.227 e. The highest BCUT2D eigenvalue weighted by molar-refractivity contribution is 7.92. The summed E-state index contributed by atoms with van der Waals surface area (Å²) in [5.74, 6) is -1.24. The molecule has 7 nitrogen and oxygen atoms in total. The smallest absolute Gasteiger partial charge is 0.227 e. The number of phenols is 1. The van der Waals surface area contributed by atoms with Crippen molar-refractivity contribution in [2.75, 3.05) is 10.6 Å². The zero-order chi connectivity index (χ0) is 24.1. The quantitative estimate of drug-likeness (QED) is 0.441. The van der Waals surface area contributed by atoms with Crippen LogP contribution in [0, 0.1) is 12.8 Å². The van der Waals surface area contributed by atoms with E-state index >= 15 is 0 Å². The van der Waals surface area contributed by atoms with Crippen LogP contribution in [0.5, 0.6) is 5.75 Å². The Bertz CT molecular complexity index is 1080. The van der Waals surface area contributed by atoms with Crippen LogP contribution in [-0.4, -0.2) is 30.6 Å². The molecule has 2 amide bonds. The third-order valence-corrected chi connectivity index (χ3v) is 7.79. The molecule has 0 saturated carbocycles. The lowest BCUT2D eigenvalue weighted by Gasteiger charge is -2.16. The molecule has 0 aliphatic rings. The van der Waals surface area contributed by atoms with Crippen LogP contribution in [0.4, 0.5) is 11.4 Å². The van der Waals surface area contributed by atoms with Crippen molar-refractivity contribution >= 4 is 44.6 Å². The van der Waals surface area contributed by atoms with Crippen LogP contribution in [0.25, 0.3) is 0 Å². The number of phenolic OH excluding ortho intramolecular Hbond substituents is 1. The van der Waals surface area contributed by atoms with Crippen LogP contribution in [-0.2, 0) is 19.4 Å². The number of anilines is 2. The van der Waals surface area contributed by atoms with E-state index in [1.165, 1.54) is 31.2 Å². The minimum absolute atomic E-state index is 0.102. The van der Waals surface area contributed by atoms with Gasteiger partial charge < -0.3 is 15.7 Å². The molecule has 0 bridgehead atoms. The van der Waals surface area contributed by atoms with Gasteiger partial charge in [0.2, 0.25) is 11.8 Å². The molecule has 0 radical (unpaired) electrons. The number of carbonyl (C=O) groups excluding carboxylic acids is 2. The molecule has 2 aromatic carbocycles. The predicted octanol–water partition coefficient (Wildman–Crippen LogP) is 4.92. The lowest BCUT2D eigenvalue weighted by molar-refractivity contribution is -0.120. The van der Waals surface area contributed by atoms with Crippen molar-refractivity contribution in [2.24, 2.45) is 5.92 Å². The fraction of sp³-hybridized carbons (Fsp3) is 0.391. The molecule has 1 atom stereocenters. The number of carbonyl (C=O) groups is 2. The van der Waals surface area contributed by atoms with Crippen LogP contribution in [0.3, 0.4) is 0 Å². The van der Waals surface area contributed by atoms with Gasteiger partial charge in [0.15, 0.2) is 9.84 Å². The maximum atomic E-state index is 12.7. The van der Waals surface area contributed by atoms with Gasteiger partial charge in [-0.25, -0.2) is 8.42 Å². The van der Waals surface area contributed by atoms with E-state index in [0.29, 0.717) is 12.8 Å². The molecule has 32 heavy (non-hydrogen) atoms. The summed E-state index contributed by atoms with van der Waals surface area (Å²) in [4.78, 5) is 24.9. The van der Waals surface area contributed by atoms with Gasteiger partial charge in [-0.1, -0.05) is 43.1 Å². The Kier molecular flexibility index (Phi) is 8.69. The molecule has 2 aromatic rings. The first kappa shape index (κ1) is 25.7. The average Bonchev–Trinajstić information content (AvgIpc) is 2.72. The molecule has 0 aromatic heterocycles. The van der Waals surface area contributed by atoms with E-state index in [9.17, 15) is 23.1 Å². The Morgan fingerprint density at radius 3 is 2.19 bits per heavy atom. The van der Waals surface area contributed by atoms with Crippen LogP contribution < -0.4 is 10.6 Å². The summed E-state index contributed by atoms with van der Waals surface area (Å²) in [5.41, 5.74) is 1.19. The number of amides is 2. The van der Waals surface area contributed by atoms with Gasteiger partial charge in [0.1, 0.15) is 5.75 Å². The van der Waals surface area contributed by atoms with E-state index in [-0.39, 0.29) is 45.3 Å². The standard InChI is InChI=1S/C23H29ClN2O5S/c1-5-16(6-2)23(29)26-20-12-18(24)19(13-21(20)27)25-22(28)11-15(4)32(30,31)17-9-7-14(3)8-10-17/h7-10,12-13,15-16,27H,5-6,11H2,1-4H3,(H,25,28)(H,26,29). The molecule has 0 aliphatic carbocycles. The normalized spacial score (nSPS) is 12.4. The first-order valence-corrected chi connectivity index (χ1v) is 12.4. The Balaban J connectivity index is 2.10. The zero-order valence-corrected chi connectivity index (χ0v) is 20.2. The first-order valence-electron chi connectivity index (χ1n) is 10.4. The molecule has 2 rings (SSSR count). The summed E-state index contributed by atoms with van der Waals surface area (Å²) in [6.45, 7) is 7.12. The molecule has 0 aliphatic heterocycles. The van der Waals surface area contributed by atoms with E-state index in [4.69, 9.17) is 11.6 Å². The monoisotopic (exact) mass is 480 g/mol. The second kappa shape index (κ2) is 10.8. The van der Waals surface area contributed by atoms with Crippen LogP contribution in [0.1, 0.15) is 45.6 Å². The van der Waals surface area contributed by atoms with Crippen LogP contribution >= 0.6 is 11.6 Å². The number of halogens is 1. The van der Waals surface area contributed by atoms with Gasteiger partial charge >= 0.3 is 0 Å². The third kappa shape index (κ3) is 6.23. The van der Waals surface area contributed by atoms with Gasteiger partial charge in [-0.15, -0.1) is 0 Å². The molecule has 9 heteroatoms. The van der Waals surface area contributed by atoms with Gasteiger partial charge in [-0.05, 0) is 44.9 Å². The fourth-order valence-corrected chi connectivity index (χ4v) is 4.75. The second-order valence-corrected chi connectivity index (χ2v) is 10.5. The lowest BCUT2D eigenvalue weighted by Crippen LogP contribution is -2.25. The van der Waals surface area contributed by atoms with Crippen molar-refractivity contribution in [1.82, 2.24) is 0 Å². The zero-order valence-electron chi connectivity index (χ0n) is 18.6. The number of rotatable bonds is 9. The summed E-state index contributed by atoms with van der Waals surface area (Å²) in [5, 5.41) is 14.6. The fourth-order valence-electron chi connectivity index (χ4n) is 3.18. The van der Waals surface area contributed by atoms with Gasteiger partial charge in [0, 0.05) is 18.4 Å². The summed E-state index contributed by atoms with van der Waals surface area (Å²) >= 11 is 6.22. The molecular weight excluding hydrogens is 452 g/mol. The van der Waals surface area contributed by atoms with E-state index < -0.39 is 21.0 Å². The number of benzene rings is 2. The largest absolute Gasteiger partial charge is 0.506 e. The minimum Gasteiger partial charge on any atom is -0.506 e. The van der Waals surface area contributed by atoms with Crippen molar-refractivity contribution in [1.29, 1.82) is 0 Å². The summed E-state index contributed by atoms with van der Waals surface area (Å²) in [6, 6.07) is 9.00. The van der Waals surface area contributed by atoms with Crippen molar-refractivity contribution in [2.45, 2.75) is 57.1 Å². The minimum atomic E-state index is -3.69. The summed E-state index contributed by atoms with van der Waals surface area (Å²) in [7, 11) is -3.69. The Labute approximate surface area is 194 Å². The van der Waals surface area contributed by atoms with E-state index in [1.54, 1.807) is 12.1 Å². The lowest BCUT2D eigenvalue weighted by atomic mass is 10.0. The van der Waals surface area contributed by atoms with E-state index in [1.807, 2.05) is 20.8 Å². The highest BCUT2D eigenvalue weighted by Gasteiger charge is 2.26. The highest BCUT2D eigenvalue weighted by Crippen LogP contribution is 2.34. The first-order chi connectivity index (χ1) is 15.0. The Morgan fingerprint density at radius 1 is 1.03 bits per heavy atom. The molecule has 0 spiro atoms. The van der Waals surface area contributed by atoms with Crippen LogP contribution in [0.15, 0.2) is 41.3 Å². The summed E-state index contributed by atoms with van der Waals surface area (Å²) in [6.07, 6.45) is 1.03. The Hall–Kier alpha value is -2.58. The van der Waals surface area contributed by atoms with E-state index in [2.05, 4.69) is 10.6 Å². The molecular formula is C23H29ClN2O5S. The van der Waals surface area contributed by atoms with E-state index in [0.717, 1.165) is 5.56 Å². The molecule has 0 saturated heterocycles. The van der Waals surface area contributed by atoms with Crippen molar-refractivity contribution < 1.29 is 23.1 Å². The number of hydrogen-bond acceptors (Lipinski definition) is 5. The van der Waals surface area contributed by atoms with Crippen molar-refractivity contribution in [3.05, 3.63) is 47.0 Å². The third-order valence-electron chi connectivity index (χ3n) is 5.33. The number of aromatic hydroxyl groups is 1. The summed E-state index contributed by atoms with van der Waals surface area (Å²) < 4.78 is 25.4. The van der Waals surface area contributed by atoms with Gasteiger partial charge in [-0.3, -0.25) is 9.59 Å². The van der Waals surface area contributed by atoms with Crippen molar-refractivity contribution in [3.63, 3.8) is 0 Å². The number of hydrogen-bond donors (Lipinski definition) is 3. The highest BCUT2D eigenvalue weighted by atomic mass is 35.5. The maximum absolute atomic E-state index is 12.7. The predicted molar refractivity (Wildman–Crippen MR) is 127 cm³/mol.